The average molecular weight is 266 g/mol. The summed E-state index contributed by atoms with van der Waals surface area (Å²) in [6.07, 6.45) is 3.60. The van der Waals surface area contributed by atoms with Crippen molar-refractivity contribution in [1.29, 1.82) is 0 Å². The molecule has 5 heteroatoms. The van der Waals surface area contributed by atoms with Crippen LogP contribution in [-0.2, 0) is 11.3 Å². The summed E-state index contributed by atoms with van der Waals surface area (Å²) in [5.74, 6) is -0.0737. The Bertz CT molecular complexity index is 394. The summed E-state index contributed by atoms with van der Waals surface area (Å²) in [5.41, 5.74) is 1.02. The second-order valence-corrected chi connectivity index (χ2v) is 4.66. The van der Waals surface area contributed by atoms with Crippen molar-refractivity contribution >= 4 is 5.97 Å². The van der Waals surface area contributed by atoms with Crippen molar-refractivity contribution in [2.24, 2.45) is 0 Å². The van der Waals surface area contributed by atoms with Gasteiger partial charge < -0.3 is 15.2 Å². The number of ether oxygens (including phenoxy) is 1. The Morgan fingerprint density at radius 3 is 2.95 bits per heavy atom. The maximum atomic E-state index is 10.4. The lowest BCUT2D eigenvalue weighted by Gasteiger charge is -2.13. The van der Waals surface area contributed by atoms with Crippen LogP contribution in [0.15, 0.2) is 18.3 Å². The predicted molar refractivity (Wildman–Crippen MR) is 73.2 cm³/mol. The Morgan fingerprint density at radius 1 is 1.47 bits per heavy atom. The number of aromatic nitrogens is 1. The third-order valence-corrected chi connectivity index (χ3v) is 2.51. The third kappa shape index (κ3) is 6.76. The number of unbranched alkanes of at least 4 members (excludes halogenated alkanes) is 1. The molecule has 19 heavy (non-hydrogen) atoms. The van der Waals surface area contributed by atoms with Crippen LogP contribution in [-0.4, -0.2) is 28.7 Å². The van der Waals surface area contributed by atoms with E-state index in [1.807, 2.05) is 26.0 Å². The van der Waals surface area contributed by atoms with Crippen molar-refractivity contribution in [1.82, 2.24) is 10.3 Å². The van der Waals surface area contributed by atoms with Crippen molar-refractivity contribution in [3.05, 3.63) is 23.9 Å². The molecule has 1 aromatic heterocycles. The molecule has 0 saturated heterocycles. The number of nitrogens with one attached hydrogen (secondary N) is 1. The molecule has 0 unspecified atom stereocenters. The summed E-state index contributed by atoms with van der Waals surface area (Å²) in [4.78, 5) is 14.6. The van der Waals surface area contributed by atoms with E-state index in [9.17, 15) is 4.79 Å². The number of carboxylic acids is 1. The van der Waals surface area contributed by atoms with E-state index in [-0.39, 0.29) is 12.5 Å². The molecular weight excluding hydrogens is 244 g/mol. The van der Waals surface area contributed by atoms with Gasteiger partial charge in [0.25, 0.3) is 0 Å². The zero-order valence-corrected chi connectivity index (χ0v) is 11.6. The monoisotopic (exact) mass is 266 g/mol. The first kappa shape index (κ1) is 15.4. The van der Waals surface area contributed by atoms with E-state index < -0.39 is 5.97 Å². The normalized spacial score (nSPS) is 10.7. The highest BCUT2D eigenvalue weighted by Gasteiger charge is 2.06. The lowest BCUT2D eigenvalue weighted by molar-refractivity contribution is -0.137. The maximum Gasteiger partial charge on any atom is 0.303 e. The number of carboxylic acid groups (broad SMARTS) is 1. The van der Waals surface area contributed by atoms with Crippen LogP contribution in [0, 0.1) is 0 Å². The maximum absolute atomic E-state index is 10.4. The van der Waals surface area contributed by atoms with Crippen molar-refractivity contribution < 1.29 is 14.6 Å². The fraction of sp³-hybridized carbons (Fsp3) is 0.571. The first-order valence-electron chi connectivity index (χ1n) is 6.62. The number of aliphatic carboxylic acids is 1. The van der Waals surface area contributed by atoms with Gasteiger partial charge in [-0.2, -0.15) is 0 Å². The zero-order chi connectivity index (χ0) is 14.1. The van der Waals surface area contributed by atoms with Gasteiger partial charge in [0.2, 0.25) is 5.88 Å². The molecule has 0 bridgehead atoms. The van der Waals surface area contributed by atoms with Gasteiger partial charge in [-0.15, -0.1) is 0 Å². The summed E-state index contributed by atoms with van der Waals surface area (Å²) < 4.78 is 5.63. The Labute approximate surface area is 114 Å². The van der Waals surface area contributed by atoms with Gasteiger partial charge in [0.1, 0.15) is 0 Å². The van der Waals surface area contributed by atoms with Gasteiger partial charge in [0.05, 0.1) is 6.10 Å². The first-order valence-corrected chi connectivity index (χ1v) is 6.62. The number of rotatable bonds is 9. The second-order valence-electron chi connectivity index (χ2n) is 4.66. The zero-order valence-electron chi connectivity index (χ0n) is 11.6. The van der Waals surface area contributed by atoms with Crippen LogP contribution < -0.4 is 10.1 Å². The van der Waals surface area contributed by atoms with E-state index in [0.29, 0.717) is 18.8 Å². The number of nitrogens with zero attached hydrogens (tertiary/aromatic N) is 1. The fourth-order valence-corrected chi connectivity index (χ4v) is 1.64. The van der Waals surface area contributed by atoms with Crippen LogP contribution in [0.1, 0.15) is 38.7 Å². The predicted octanol–water partition coefficient (Wildman–Crippen LogP) is 2.21. The molecule has 0 aliphatic heterocycles. The van der Waals surface area contributed by atoms with Crippen LogP contribution in [0.5, 0.6) is 5.88 Å². The van der Waals surface area contributed by atoms with E-state index in [4.69, 9.17) is 9.84 Å². The summed E-state index contributed by atoms with van der Waals surface area (Å²) in [6, 6.07) is 3.86. The number of hydrogen-bond donors (Lipinski definition) is 2. The highest BCUT2D eigenvalue weighted by atomic mass is 16.5. The lowest BCUT2D eigenvalue weighted by Crippen LogP contribution is -2.17. The SMILES string of the molecule is CC(C)Oc1ncccc1CNCCCCC(=O)O. The van der Waals surface area contributed by atoms with E-state index in [0.717, 1.165) is 18.5 Å². The van der Waals surface area contributed by atoms with E-state index in [1.54, 1.807) is 6.20 Å². The molecular formula is C14H22N2O3. The van der Waals surface area contributed by atoms with Gasteiger partial charge in [0.15, 0.2) is 0 Å². The van der Waals surface area contributed by atoms with Crippen LogP contribution in [0.3, 0.4) is 0 Å². The molecule has 1 aromatic rings. The van der Waals surface area contributed by atoms with Gasteiger partial charge in [-0.25, -0.2) is 4.98 Å². The van der Waals surface area contributed by atoms with Gasteiger partial charge >= 0.3 is 5.97 Å². The number of pyridine rings is 1. The molecule has 0 radical (unpaired) electrons. The first-order chi connectivity index (χ1) is 9.09. The molecule has 1 heterocycles. The number of hydrogen-bond acceptors (Lipinski definition) is 4. The molecule has 106 valence electrons. The van der Waals surface area contributed by atoms with Crippen molar-refractivity contribution in [3.8, 4) is 5.88 Å². The average Bonchev–Trinajstić information content (AvgIpc) is 2.34. The Hall–Kier alpha value is -1.62. The molecule has 2 N–H and O–H groups in total. The van der Waals surface area contributed by atoms with Crippen LogP contribution in [0.2, 0.25) is 0 Å². The van der Waals surface area contributed by atoms with E-state index >= 15 is 0 Å². The highest BCUT2D eigenvalue weighted by Crippen LogP contribution is 2.15. The van der Waals surface area contributed by atoms with E-state index in [1.165, 1.54) is 0 Å². The third-order valence-electron chi connectivity index (χ3n) is 2.51. The van der Waals surface area contributed by atoms with E-state index in [2.05, 4.69) is 10.3 Å². The molecule has 0 aliphatic carbocycles. The molecule has 0 saturated carbocycles. The van der Waals surface area contributed by atoms with Crippen molar-refractivity contribution in [3.63, 3.8) is 0 Å². The molecule has 5 nitrogen and oxygen atoms in total. The van der Waals surface area contributed by atoms with Gasteiger partial charge in [-0.3, -0.25) is 4.79 Å². The Kier molecular flexibility index (Phi) is 6.89. The Balaban J connectivity index is 2.30. The highest BCUT2D eigenvalue weighted by molar-refractivity contribution is 5.66. The second kappa shape index (κ2) is 8.48. The smallest absolute Gasteiger partial charge is 0.303 e. The summed E-state index contributed by atoms with van der Waals surface area (Å²) in [6.45, 7) is 5.42. The molecule has 0 fully saturated rings. The van der Waals surface area contributed by atoms with Gasteiger partial charge in [0, 0.05) is 24.7 Å². The summed E-state index contributed by atoms with van der Waals surface area (Å²) in [7, 11) is 0. The van der Waals surface area contributed by atoms with Crippen LogP contribution >= 0.6 is 0 Å². The van der Waals surface area contributed by atoms with Crippen LogP contribution in [0.25, 0.3) is 0 Å². The fourth-order valence-electron chi connectivity index (χ4n) is 1.64. The molecule has 0 atom stereocenters. The van der Waals surface area contributed by atoms with Crippen molar-refractivity contribution in [2.45, 2.75) is 45.8 Å². The minimum absolute atomic E-state index is 0.101. The molecule has 0 aliphatic rings. The minimum atomic E-state index is -0.736. The molecule has 0 spiro atoms. The summed E-state index contributed by atoms with van der Waals surface area (Å²) in [5, 5.41) is 11.8. The van der Waals surface area contributed by atoms with Gasteiger partial charge in [-0.1, -0.05) is 6.07 Å². The quantitative estimate of drug-likeness (QED) is 0.670. The summed E-state index contributed by atoms with van der Waals surface area (Å²) >= 11 is 0. The minimum Gasteiger partial charge on any atom is -0.481 e. The number of carbonyl (C=O) groups is 1. The van der Waals surface area contributed by atoms with Crippen LogP contribution in [0.4, 0.5) is 0 Å². The lowest BCUT2D eigenvalue weighted by atomic mass is 10.2. The standard InChI is InChI=1S/C14H22N2O3/c1-11(2)19-14-12(6-5-9-16-14)10-15-8-4-3-7-13(17)18/h5-6,9,11,15H,3-4,7-8,10H2,1-2H3,(H,17,18). The van der Waals surface area contributed by atoms with Crippen molar-refractivity contribution in [2.75, 3.05) is 6.54 Å². The molecule has 1 rings (SSSR count). The topological polar surface area (TPSA) is 71.5 Å². The van der Waals surface area contributed by atoms with Gasteiger partial charge in [-0.05, 0) is 39.3 Å². The molecule has 0 aromatic carbocycles. The Morgan fingerprint density at radius 2 is 2.26 bits per heavy atom. The largest absolute Gasteiger partial charge is 0.481 e. The molecule has 0 amide bonds.